The number of carboxylic acid groups (broad SMARTS) is 1. The zero-order valence-corrected chi connectivity index (χ0v) is 13.6. The Morgan fingerprint density at radius 3 is 2.76 bits per heavy atom. The molecule has 1 aliphatic heterocycles. The number of rotatable bonds is 4. The van der Waals surface area contributed by atoms with E-state index in [1.165, 1.54) is 4.57 Å². The van der Waals surface area contributed by atoms with E-state index in [1.54, 1.807) is 29.2 Å². The van der Waals surface area contributed by atoms with Crippen LogP contribution in [0.5, 0.6) is 0 Å². The zero-order chi connectivity index (χ0) is 18.0. The minimum Gasteiger partial charge on any atom is -0.481 e. The molecule has 3 rings (SSSR count). The van der Waals surface area contributed by atoms with Crippen LogP contribution in [-0.2, 0) is 16.1 Å². The van der Waals surface area contributed by atoms with E-state index in [2.05, 4.69) is 4.98 Å². The molecule has 2 aromatic rings. The van der Waals surface area contributed by atoms with E-state index in [4.69, 9.17) is 5.11 Å². The third-order valence-electron chi connectivity index (χ3n) is 4.58. The number of piperidine rings is 1. The van der Waals surface area contributed by atoms with Crippen molar-refractivity contribution in [2.45, 2.75) is 25.8 Å². The van der Waals surface area contributed by atoms with Gasteiger partial charge in [0.15, 0.2) is 0 Å². The van der Waals surface area contributed by atoms with Gasteiger partial charge in [-0.15, -0.1) is 0 Å². The third-order valence-corrected chi connectivity index (χ3v) is 4.58. The van der Waals surface area contributed by atoms with Crippen molar-refractivity contribution in [3.8, 4) is 0 Å². The number of fused-ring (bicyclic) bond motifs is 1. The lowest BCUT2D eigenvalue weighted by atomic mass is 9.98. The lowest BCUT2D eigenvalue weighted by Crippen LogP contribution is -2.43. The predicted molar refractivity (Wildman–Crippen MR) is 90.4 cm³/mol. The number of carboxylic acids is 1. The standard InChI is InChI=1S/C17H19N3O5/c21-14(19-8-3-4-11(10-19)16(23)24)7-9-20-13-6-2-1-5-12(13)15(22)18-17(20)25/h1-2,5-6,11H,3-4,7-10H2,(H,23,24)(H,18,22,25)/t11-/m1/s1. The molecule has 1 saturated heterocycles. The molecule has 8 nitrogen and oxygen atoms in total. The largest absolute Gasteiger partial charge is 0.481 e. The molecule has 1 aliphatic rings. The second-order valence-corrected chi connectivity index (χ2v) is 6.20. The topological polar surface area (TPSA) is 112 Å². The first-order chi connectivity index (χ1) is 12.0. The van der Waals surface area contributed by atoms with Gasteiger partial charge in [0.1, 0.15) is 0 Å². The van der Waals surface area contributed by atoms with Gasteiger partial charge < -0.3 is 10.0 Å². The zero-order valence-electron chi connectivity index (χ0n) is 13.6. The van der Waals surface area contributed by atoms with Gasteiger partial charge in [-0.1, -0.05) is 12.1 Å². The summed E-state index contributed by atoms with van der Waals surface area (Å²) in [6, 6.07) is 6.71. The quantitative estimate of drug-likeness (QED) is 0.833. The van der Waals surface area contributed by atoms with Crippen LogP contribution in [0.2, 0.25) is 0 Å². The third kappa shape index (κ3) is 3.47. The van der Waals surface area contributed by atoms with Crippen molar-refractivity contribution in [2.24, 2.45) is 5.92 Å². The van der Waals surface area contributed by atoms with Crippen LogP contribution in [0.1, 0.15) is 19.3 Å². The highest BCUT2D eigenvalue weighted by atomic mass is 16.4. The fraction of sp³-hybridized carbons (Fsp3) is 0.412. The molecule has 132 valence electrons. The van der Waals surface area contributed by atoms with E-state index >= 15 is 0 Å². The van der Waals surface area contributed by atoms with E-state index in [9.17, 15) is 19.2 Å². The number of H-pyrrole nitrogens is 1. The Morgan fingerprint density at radius 2 is 2.00 bits per heavy atom. The lowest BCUT2D eigenvalue weighted by Gasteiger charge is -2.30. The van der Waals surface area contributed by atoms with Crippen LogP contribution in [0.25, 0.3) is 10.9 Å². The van der Waals surface area contributed by atoms with Crippen molar-refractivity contribution in [3.63, 3.8) is 0 Å². The average molecular weight is 345 g/mol. The van der Waals surface area contributed by atoms with E-state index in [-0.39, 0.29) is 25.4 Å². The molecule has 2 N–H and O–H groups in total. The Morgan fingerprint density at radius 1 is 1.24 bits per heavy atom. The molecule has 0 aliphatic carbocycles. The van der Waals surface area contributed by atoms with Crippen molar-refractivity contribution in [1.29, 1.82) is 0 Å². The van der Waals surface area contributed by atoms with Gasteiger partial charge in [0.2, 0.25) is 5.91 Å². The number of likely N-dealkylation sites (tertiary alicyclic amines) is 1. The summed E-state index contributed by atoms with van der Waals surface area (Å²) in [4.78, 5) is 51.2. The van der Waals surface area contributed by atoms with Gasteiger partial charge in [-0.3, -0.25) is 23.9 Å². The van der Waals surface area contributed by atoms with Gasteiger partial charge in [0, 0.05) is 26.1 Å². The van der Waals surface area contributed by atoms with Crippen molar-refractivity contribution < 1.29 is 14.7 Å². The van der Waals surface area contributed by atoms with Crippen LogP contribution in [0.3, 0.4) is 0 Å². The minimum atomic E-state index is -0.889. The van der Waals surface area contributed by atoms with E-state index in [0.29, 0.717) is 30.3 Å². The predicted octanol–water partition coefficient (Wildman–Crippen LogP) is 0.403. The van der Waals surface area contributed by atoms with Crippen molar-refractivity contribution in [1.82, 2.24) is 14.5 Å². The molecule has 1 atom stereocenters. The number of nitrogens with one attached hydrogen (secondary N) is 1. The Balaban J connectivity index is 1.77. The number of hydrogen-bond donors (Lipinski definition) is 2. The van der Waals surface area contributed by atoms with Crippen LogP contribution in [0, 0.1) is 5.92 Å². The normalized spacial score (nSPS) is 17.6. The number of aliphatic carboxylic acids is 1. The Labute approximate surface area is 142 Å². The number of amides is 1. The summed E-state index contributed by atoms with van der Waals surface area (Å²) in [6.07, 6.45) is 1.30. The molecule has 0 bridgehead atoms. The van der Waals surface area contributed by atoms with Crippen LogP contribution in [-0.4, -0.2) is 44.5 Å². The first kappa shape index (κ1) is 16.9. The summed E-state index contributed by atoms with van der Waals surface area (Å²) in [7, 11) is 0. The average Bonchev–Trinajstić information content (AvgIpc) is 2.61. The fourth-order valence-corrected chi connectivity index (χ4v) is 3.24. The molecule has 0 spiro atoms. The number of carbonyl (C=O) groups is 2. The van der Waals surface area contributed by atoms with Crippen molar-refractivity contribution in [3.05, 3.63) is 45.1 Å². The maximum atomic E-state index is 12.4. The summed E-state index contributed by atoms with van der Waals surface area (Å²) in [5.74, 6) is -1.61. The highest BCUT2D eigenvalue weighted by Crippen LogP contribution is 2.17. The number of carbonyl (C=O) groups excluding carboxylic acids is 1. The van der Waals surface area contributed by atoms with Gasteiger partial charge in [-0.25, -0.2) is 4.79 Å². The molecule has 1 aromatic carbocycles. The van der Waals surface area contributed by atoms with Gasteiger partial charge in [0.05, 0.1) is 16.8 Å². The van der Waals surface area contributed by atoms with E-state index in [1.807, 2.05) is 0 Å². The molecular weight excluding hydrogens is 326 g/mol. The molecule has 0 saturated carbocycles. The second-order valence-electron chi connectivity index (χ2n) is 6.20. The molecule has 1 aromatic heterocycles. The molecule has 1 amide bonds. The minimum absolute atomic E-state index is 0.0717. The van der Waals surface area contributed by atoms with Crippen molar-refractivity contribution in [2.75, 3.05) is 13.1 Å². The van der Waals surface area contributed by atoms with Crippen LogP contribution < -0.4 is 11.2 Å². The van der Waals surface area contributed by atoms with Crippen molar-refractivity contribution >= 4 is 22.8 Å². The number of aromatic nitrogens is 2. The number of nitrogens with zero attached hydrogens (tertiary/aromatic N) is 2. The van der Waals surface area contributed by atoms with Gasteiger partial charge >= 0.3 is 11.7 Å². The van der Waals surface area contributed by atoms with Gasteiger partial charge in [-0.05, 0) is 25.0 Å². The maximum Gasteiger partial charge on any atom is 0.328 e. The second kappa shape index (κ2) is 6.92. The first-order valence-electron chi connectivity index (χ1n) is 8.20. The summed E-state index contributed by atoms with van der Waals surface area (Å²) in [5, 5.41) is 9.50. The molecule has 2 heterocycles. The fourth-order valence-electron chi connectivity index (χ4n) is 3.24. The number of hydrogen-bond acceptors (Lipinski definition) is 4. The summed E-state index contributed by atoms with van der Waals surface area (Å²) >= 11 is 0. The Bertz CT molecular complexity index is 930. The number of benzene rings is 1. The molecular formula is C17H19N3O5. The Kier molecular flexibility index (Phi) is 4.69. The molecule has 0 unspecified atom stereocenters. The first-order valence-corrected chi connectivity index (χ1v) is 8.20. The number of aromatic amines is 1. The molecule has 0 radical (unpaired) electrons. The molecule has 25 heavy (non-hydrogen) atoms. The SMILES string of the molecule is O=C(O)[C@@H]1CCCN(C(=O)CCn2c(=O)[nH]c(=O)c3ccccc32)C1. The molecule has 1 fully saturated rings. The number of aryl methyl sites for hydroxylation is 1. The maximum absolute atomic E-state index is 12.4. The lowest BCUT2D eigenvalue weighted by molar-refractivity contribution is -0.145. The van der Waals surface area contributed by atoms with E-state index < -0.39 is 23.1 Å². The van der Waals surface area contributed by atoms with Gasteiger partial charge in [0.25, 0.3) is 5.56 Å². The number of para-hydroxylation sites is 1. The summed E-state index contributed by atoms with van der Waals surface area (Å²) < 4.78 is 1.37. The molecule has 8 heteroatoms. The van der Waals surface area contributed by atoms with Gasteiger partial charge in [-0.2, -0.15) is 0 Å². The highest BCUT2D eigenvalue weighted by Gasteiger charge is 2.27. The van der Waals surface area contributed by atoms with Crippen LogP contribution in [0.4, 0.5) is 0 Å². The monoisotopic (exact) mass is 345 g/mol. The smallest absolute Gasteiger partial charge is 0.328 e. The summed E-state index contributed by atoms with van der Waals surface area (Å²) in [5.41, 5.74) is -0.534. The van der Waals surface area contributed by atoms with Crippen LogP contribution >= 0.6 is 0 Å². The highest BCUT2D eigenvalue weighted by molar-refractivity contribution is 5.79. The van der Waals surface area contributed by atoms with E-state index in [0.717, 1.165) is 0 Å². The Hall–Kier alpha value is -2.90. The van der Waals surface area contributed by atoms with Crippen LogP contribution in [0.15, 0.2) is 33.9 Å². The summed E-state index contributed by atoms with van der Waals surface area (Å²) in [6.45, 7) is 0.864.